The smallest absolute Gasteiger partial charge is 0.217 e. The highest BCUT2D eigenvalue weighted by Gasteiger charge is 2.41. The largest absolute Gasteiger partial charge is 0.493 e. The van der Waals surface area contributed by atoms with Gasteiger partial charge in [0.2, 0.25) is 6.23 Å². The molecule has 0 spiro atoms. The maximum atomic E-state index is 6.49. The molecule has 2 unspecified atom stereocenters. The fourth-order valence-electron chi connectivity index (χ4n) is 4.19. The van der Waals surface area contributed by atoms with Crippen LogP contribution in [0.25, 0.3) is 0 Å². The Morgan fingerprint density at radius 3 is 2.50 bits per heavy atom. The highest BCUT2D eigenvalue weighted by Crippen LogP contribution is 2.48. The molecule has 0 radical (unpaired) electrons. The maximum absolute atomic E-state index is 6.49. The SMILES string of the molecule is CCCOc1ccccc1C1Oc2ccccc2C2CC(c3ccc(C)cc3)=NN21. The van der Waals surface area contributed by atoms with Crippen molar-refractivity contribution in [1.29, 1.82) is 0 Å². The van der Waals surface area contributed by atoms with Crippen molar-refractivity contribution in [3.63, 3.8) is 0 Å². The topological polar surface area (TPSA) is 34.1 Å². The van der Waals surface area contributed by atoms with Crippen LogP contribution >= 0.6 is 0 Å². The van der Waals surface area contributed by atoms with Crippen LogP contribution in [0, 0.1) is 6.92 Å². The van der Waals surface area contributed by atoms with Gasteiger partial charge >= 0.3 is 0 Å². The number of hydrazone groups is 1. The molecule has 2 aliphatic rings. The van der Waals surface area contributed by atoms with Crippen LogP contribution in [0.15, 0.2) is 77.9 Å². The predicted molar refractivity (Wildman–Crippen MR) is 119 cm³/mol. The standard InChI is InChI=1S/C26H26N2O2/c1-3-16-29-24-10-6-5-9-21(24)26-28-23(20-8-4-7-11-25(20)30-26)17-22(27-28)19-14-12-18(2)13-15-19/h4-15,23,26H,3,16-17H2,1-2H3. The first-order chi connectivity index (χ1) is 14.7. The number of hydrogen-bond donors (Lipinski definition) is 0. The van der Waals surface area contributed by atoms with Gasteiger partial charge in [-0.3, -0.25) is 0 Å². The Morgan fingerprint density at radius 2 is 1.70 bits per heavy atom. The highest BCUT2D eigenvalue weighted by atomic mass is 16.5. The van der Waals surface area contributed by atoms with Gasteiger partial charge in [-0.2, -0.15) is 5.10 Å². The molecule has 5 rings (SSSR count). The molecular weight excluding hydrogens is 372 g/mol. The summed E-state index contributed by atoms with van der Waals surface area (Å²) in [6.07, 6.45) is 1.50. The molecule has 3 aromatic carbocycles. The molecular formula is C26H26N2O2. The fraction of sp³-hybridized carbons (Fsp3) is 0.269. The molecule has 0 saturated carbocycles. The Kier molecular flexibility index (Phi) is 4.91. The van der Waals surface area contributed by atoms with Crippen molar-refractivity contribution in [3.05, 3.63) is 95.1 Å². The minimum Gasteiger partial charge on any atom is -0.493 e. The molecule has 0 aliphatic carbocycles. The summed E-state index contributed by atoms with van der Waals surface area (Å²) in [5.74, 6) is 1.79. The second-order valence-electron chi connectivity index (χ2n) is 7.91. The Balaban J connectivity index is 1.57. The van der Waals surface area contributed by atoms with Gasteiger partial charge < -0.3 is 9.47 Å². The number of para-hydroxylation sites is 2. The van der Waals surface area contributed by atoms with Gasteiger partial charge in [0.1, 0.15) is 11.5 Å². The number of benzene rings is 3. The molecule has 4 nitrogen and oxygen atoms in total. The van der Waals surface area contributed by atoms with Gasteiger partial charge in [0.25, 0.3) is 0 Å². The van der Waals surface area contributed by atoms with E-state index >= 15 is 0 Å². The Morgan fingerprint density at radius 1 is 0.967 bits per heavy atom. The Hall–Kier alpha value is -3.27. The number of nitrogens with zero attached hydrogens (tertiary/aromatic N) is 2. The Bertz CT molecular complexity index is 1070. The molecule has 2 atom stereocenters. The molecule has 30 heavy (non-hydrogen) atoms. The van der Waals surface area contributed by atoms with Gasteiger partial charge in [0.05, 0.1) is 23.9 Å². The summed E-state index contributed by atoms with van der Waals surface area (Å²) in [6.45, 7) is 4.91. The van der Waals surface area contributed by atoms with Crippen LogP contribution in [0.4, 0.5) is 0 Å². The highest BCUT2D eigenvalue weighted by molar-refractivity contribution is 6.02. The number of aryl methyl sites for hydroxylation is 1. The van der Waals surface area contributed by atoms with Crippen molar-refractivity contribution in [2.45, 2.75) is 39.0 Å². The van der Waals surface area contributed by atoms with Crippen LogP contribution in [0.2, 0.25) is 0 Å². The van der Waals surface area contributed by atoms with E-state index in [-0.39, 0.29) is 12.3 Å². The van der Waals surface area contributed by atoms with E-state index in [9.17, 15) is 0 Å². The number of rotatable bonds is 5. The lowest BCUT2D eigenvalue weighted by atomic mass is 9.95. The third-order valence-electron chi connectivity index (χ3n) is 5.73. The van der Waals surface area contributed by atoms with Crippen molar-refractivity contribution in [1.82, 2.24) is 5.01 Å². The zero-order valence-corrected chi connectivity index (χ0v) is 17.4. The summed E-state index contributed by atoms with van der Waals surface area (Å²) < 4.78 is 12.5. The molecule has 3 aromatic rings. The van der Waals surface area contributed by atoms with Crippen LogP contribution in [0.1, 0.15) is 54.3 Å². The fourth-order valence-corrected chi connectivity index (χ4v) is 4.19. The lowest BCUT2D eigenvalue weighted by Crippen LogP contribution is -2.34. The second-order valence-corrected chi connectivity index (χ2v) is 7.91. The molecule has 0 aromatic heterocycles. The van der Waals surface area contributed by atoms with Crippen LogP contribution in [-0.4, -0.2) is 17.3 Å². The van der Waals surface area contributed by atoms with Crippen molar-refractivity contribution < 1.29 is 9.47 Å². The third kappa shape index (κ3) is 3.32. The summed E-state index contributed by atoms with van der Waals surface area (Å²) in [4.78, 5) is 0. The predicted octanol–water partition coefficient (Wildman–Crippen LogP) is 6.03. The van der Waals surface area contributed by atoms with E-state index in [0.29, 0.717) is 6.61 Å². The summed E-state index contributed by atoms with van der Waals surface area (Å²) in [6, 6.07) is 25.2. The molecule has 0 N–H and O–H groups in total. The van der Waals surface area contributed by atoms with Crippen molar-refractivity contribution in [3.8, 4) is 11.5 Å². The van der Waals surface area contributed by atoms with E-state index in [1.807, 2.05) is 24.3 Å². The molecule has 2 heterocycles. The van der Waals surface area contributed by atoms with Gasteiger partial charge in [0, 0.05) is 12.0 Å². The van der Waals surface area contributed by atoms with E-state index in [1.165, 1.54) is 16.7 Å². The monoisotopic (exact) mass is 398 g/mol. The molecule has 0 fully saturated rings. The van der Waals surface area contributed by atoms with Gasteiger partial charge in [-0.1, -0.05) is 67.1 Å². The van der Waals surface area contributed by atoms with Crippen LogP contribution < -0.4 is 9.47 Å². The number of hydrogen-bond acceptors (Lipinski definition) is 4. The summed E-state index contributed by atoms with van der Waals surface area (Å²) >= 11 is 0. The Labute approximate surface area is 177 Å². The summed E-state index contributed by atoms with van der Waals surface area (Å²) in [7, 11) is 0. The zero-order valence-electron chi connectivity index (χ0n) is 17.4. The number of ether oxygens (including phenoxy) is 2. The first kappa shape index (κ1) is 18.7. The van der Waals surface area contributed by atoms with E-state index in [1.54, 1.807) is 0 Å². The van der Waals surface area contributed by atoms with Crippen molar-refractivity contribution in [2.75, 3.05) is 6.61 Å². The number of fused-ring (bicyclic) bond motifs is 3. The van der Waals surface area contributed by atoms with E-state index < -0.39 is 0 Å². The van der Waals surface area contributed by atoms with Gasteiger partial charge in [-0.15, -0.1) is 0 Å². The summed E-state index contributed by atoms with van der Waals surface area (Å²) in [5.41, 5.74) is 5.72. The van der Waals surface area contributed by atoms with Gasteiger partial charge in [-0.25, -0.2) is 5.01 Å². The van der Waals surface area contributed by atoms with Crippen molar-refractivity contribution in [2.24, 2.45) is 5.10 Å². The molecule has 0 bridgehead atoms. The first-order valence-electron chi connectivity index (χ1n) is 10.6. The van der Waals surface area contributed by atoms with E-state index in [2.05, 4.69) is 67.4 Å². The minimum absolute atomic E-state index is 0.149. The quantitative estimate of drug-likeness (QED) is 0.526. The third-order valence-corrected chi connectivity index (χ3v) is 5.73. The van der Waals surface area contributed by atoms with E-state index in [4.69, 9.17) is 14.6 Å². The first-order valence-corrected chi connectivity index (χ1v) is 10.6. The minimum atomic E-state index is -0.319. The van der Waals surface area contributed by atoms with E-state index in [0.717, 1.165) is 35.6 Å². The molecule has 152 valence electrons. The molecule has 2 aliphatic heterocycles. The second kappa shape index (κ2) is 7.86. The molecule has 0 saturated heterocycles. The van der Waals surface area contributed by atoms with Crippen LogP contribution in [0.3, 0.4) is 0 Å². The normalized spacial score (nSPS) is 19.5. The van der Waals surface area contributed by atoms with Crippen molar-refractivity contribution >= 4 is 5.71 Å². The average Bonchev–Trinajstić information content (AvgIpc) is 3.23. The average molecular weight is 399 g/mol. The van der Waals surface area contributed by atoms with Gasteiger partial charge in [-0.05, 0) is 37.1 Å². The summed E-state index contributed by atoms with van der Waals surface area (Å²) in [5, 5.41) is 7.17. The van der Waals surface area contributed by atoms with Crippen LogP contribution in [0.5, 0.6) is 11.5 Å². The molecule has 0 amide bonds. The molecule has 4 heteroatoms. The zero-order chi connectivity index (χ0) is 20.5. The van der Waals surface area contributed by atoms with Gasteiger partial charge in [0.15, 0.2) is 0 Å². The van der Waals surface area contributed by atoms with Crippen LogP contribution in [-0.2, 0) is 0 Å². The maximum Gasteiger partial charge on any atom is 0.217 e. The lowest BCUT2D eigenvalue weighted by Gasteiger charge is -2.38. The lowest BCUT2D eigenvalue weighted by molar-refractivity contribution is -0.0206.